The Labute approximate surface area is 135 Å². The first-order valence-corrected chi connectivity index (χ1v) is 7.91. The molecule has 2 atom stereocenters. The quantitative estimate of drug-likeness (QED) is 0.738. The zero-order chi connectivity index (χ0) is 17.1. The van der Waals surface area contributed by atoms with Gasteiger partial charge in [-0.25, -0.2) is 0 Å². The molecule has 1 aromatic carbocycles. The second-order valence-corrected chi connectivity index (χ2v) is 6.98. The fourth-order valence-electron chi connectivity index (χ4n) is 2.53. The lowest BCUT2D eigenvalue weighted by molar-refractivity contribution is -0.0274. The van der Waals surface area contributed by atoms with Crippen molar-refractivity contribution >= 4 is 5.57 Å². The Balaban J connectivity index is 3.33. The maximum absolute atomic E-state index is 10.9. The molecular weight excluding hydrogens is 272 g/mol. The molecule has 0 aliphatic carbocycles. The zero-order valence-electron chi connectivity index (χ0n) is 14.7. The van der Waals surface area contributed by atoms with Gasteiger partial charge in [-0.2, -0.15) is 0 Å². The van der Waals surface area contributed by atoms with Crippen LogP contribution in [0.25, 0.3) is 5.57 Å². The molecule has 0 spiro atoms. The standard InChI is InChI=1S/C20H30O2/c1-8-9-18(21)20(6,7)19(22)16-11-10-15(13(2)3)12-17(16)14(4)5/h8-13,18-19,21-22H,4H2,1-3,5-7H3/b9-8+/t18-,19-/m0/s1. The lowest BCUT2D eigenvalue weighted by atomic mass is 9.75. The first-order chi connectivity index (χ1) is 10.1. The Morgan fingerprint density at radius 2 is 1.82 bits per heavy atom. The molecule has 0 bridgehead atoms. The van der Waals surface area contributed by atoms with Gasteiger partial charge in [-0.05, 0) is 36.5 Å². The van der Waals surface area contributed by atoms with Crippen molar-refractivity contribution in [3.05, 3.63) is 53.6 Å². The fourth-order valence-corrected chi connectivity index (χ4v) is 2.53. The van der Waals surface area contributed by atoms with Crippen LogP contribution >= 0.6 is 0 Å². The molecule has 2 nitrogen and oxygen atoms in total. The van der Waals surface area contributed by atoms with Gasteiger partial charge >= 0.3 is 0 Å². The van der Waals surface area contributed by atoms with Gasteiger partial charge in [0.15, 0.2) is 0 Å². The molecule has 0 aliphatic heterocycles. The minimum atomic E-state index is -0.772. The van der Waals surface area contributed by atoms with Crippen molar-refractivity contribution in [3.8, 4) is 0 Å². The normalized spacial score (nSPS) is 15.3. The van der Waals surface area contributed by atoms with Gasteiger partial charge in [0.25, 0.3) is 0 Å². The SMILES string of the molecule is C=C(C)c1cc(C(C)C)ccc1[C@H](O)C(C)(C)[C@@H](O)/C=C/C. The topological polar surface area (TPSA) is 40.5 Å². The maximum atomic E-state index is 10.9. The summed E-state index contributed by atoms with van der Waals surface area (Å²) in [5, 5.41) is 21.2. The number of allylic oxidation sites excluding steroid dienone is 2. The number of benzene rings is 1. The van der Waals surface area contributed by atoms with E-state index < -0.39 is 17.6 Å². The van der Waals surface area contributed by atoms with Gasteiger partial charge in [0.1, 0.15) is 0 Å². The number of hydrogen-bond donors (Lipinski definition) is 2. The lowest BCUT2D eigenvalue weighted by Gasteiger charge is -2.35. The highest BCUT2D eigenvalue weighted by Gasteiger charge is 2.36. The molecule has 0 aromatic heterocycles. The molecule has 0 saturated carbocycles. The average molecular weight is 302 g/mol. The summed E-state index contributed by atoms with van der Waals surface area (Å²) in [6.07, 6.45) is 2.04. The Kier molecular flexibility index (Phi) is 6.16. The van der Waals surface area contributed by atoms with Crippen LogP contribution in [-0.2, 0) is 0 Å². The van der Waals surface area contributed by atoms with E-state index in [4.69, 9.17) is 0 Å². The van der Waals surface area contributed by atoms with Crippen molar-refractivity contribution in [3.63, 3.8) is 0 Å². The van der Waals surface area contributed by atoms with Gasteiger partial charge in [-0.3, -0.25) is 0 Å². The molecule has 0 heterocycles. The summed E-state index contributed by atoms with van der Waals surface area (Å²) in [5.74, 6) is 0.422. The second kappa shape index (κ2) is 7.26. The van der Waals surface area contributed by atoms with Gasteiger partial charge in [-0.1, -0.05) is 70.2 Å². The van der Waals surface area contributed by atoms with Gasteiger partial charge in [0.2, 0.25) is 0 Å². The summed E-state index contributed by atoms with van der Waals surface area (Å²) in [6, 6.07) is 6.12. The third-order valence-corrected chi connectivity index (χ3v) is 4.34. The summed E-state index contributed by atoms with van der Waals surface area (Å²) >= 11 is 0. The highest BCUT2D eigenvalue weighted by molar-refractivity contribution is 5.66. The number of hydrogen-bond acceptors (Lipinski definition) is 2. The van der Waals surface area contributed by atoms with Crippen LogP contribution in [-0.4, -0.2) is 16.3 Å². The molecule has 1 aromatic rings. The molecule has 0 amide bonds. The van der Waals surface area contributed by atoms with Crippen molar-refractivity contribution in [2.75, 3.05) is 0 Å². The molecule has 0 saturated heterocycles. The minimum Gasteiger partial charge on any atom is -0.388 e. The Hall–Kier alpha value is -1.38. The van der Waals surface area contributed by atoms with E-state index in [1.54, 1.807) is 12.2 Å². The molecule has 0 unspecified atom stereocenters. The van der Waals surface area contributed by atoms with Gasteiger partial charge in [0.05, 0.1) is 12.2 Å². The monoisotopic (exact) mass is 302 g/mol. The van der Waals surface area contributed by atoms with E-state index in [2.05, 4.69) is 26.5 Å². The van der Waals surface area contributed by atoms with Crippen molar-refractivity contribution in [1.82, 2.24) is 0 Å². The summed E-state index contributed by atoms with van der Waals surface area (Å²) in [7, 11) is 0. The zero-order valence-corrected chi connectivity index (χ0v) is 14.7. The predicted molar refractivity (Wildman–Crippen MR) is 94.8 cm³/mol. The largest absolute Gasteiger partial charge is 0.388 e. The summed E-state index contributed by atoms with van der Waals surface area (Å²) < 4.78 is 0. The van der Waals surface area contributed by atoms with Crippen molar-refractivity contribution in [2.45, 2.75) is 59.7 Å². The van der Waals surface area contributed by atoms with Gasteiger partial charge < -0.3 is 10.2 Å². The average Bonchev–Trinajstić information content (AvgIpc) is 2.45. The minimum absolute atomic E-state index is 0.422. The molecule has 122 valence electrons. The first kappa shape index (κ1) is 18.7. The summed E-state index contributed by atoms with van der Waals surface area (Å²) in [4.78, 5) is 0. The van der Waals surface area contributed by atoms with Crippen LogP contribution in [0, 0.1) is 5.41 Å². The lowest BCUT2D eigenvalue weighted by Crippen LogP contribution is -2.34. The number of aliphatic hydroxyl groups excluding tert-OH is 2. The van der Waals surface area contributed by atoms with E-state index in [9.17, 15) is 10.2 Å². The third kappa shape index (κ3) is 3.88. The highest BCUT2D eigenvalue weighted by Crippen LogP contribution is 2.40. The number of aliphatic hydroxyl groups is 2. The molecule has 2 heteroatoms. The van der Waals surface area contributed by atoms with Crippen molar-refractivity contribution < 1.29 is 10.2 Å². The van der Waals surface area contributed by atoms with E-state index in [0.717, 1.165) is 16.7 Å². The predicted octanol–water partition coefficient (Wildman–Crippen LogP) is 4.84. The van der Waals surface area contributed by atoms with Crippen LogP contribution in [0.15, 0.2) is 36.9 Å². The Morgan fingerprint density at radius 1 is 1.23 bits per heavy atom. The summed E-state index contributed by atoms with van der Waals surface area (Å²) in [5.41, 5.74) is 3.26. The van der Waals surface area contributed by atoms with Gasteiger partial charge in [0, 0.05) is 5.41 Å². The van der Waals surface area contributed by atoms with Crippen LogP contribution in [0.2, 0.25) is 0 Å². The van der Waals surface area contributed by atoms with E-state index in [-0.39, 0.29) is 0 Å². The molecule has 1 rings (SSSR count). The van der Waals surface area contributed by atoms with Crippen LogP contribution in [0.3, 0.4) is 0 Å². The van der Waals surface area contributed by atoms with E-state index >= 15 is 0 Å². The Morgan fingerprint density at radius 3 is 2.27 bits per heavy atom. The van der Waals surface area contributed by atoms with E-state index in [0.29, 0.717) is 5.92 Å². The molecular formula is C20H30O2. The number of rotatable bonds is 6. The second-order valence-electron chi connectivity index (χ2n) is 6.98. The van der Waals surface area contributed by atoms with Crippen molar-refractivity contribution in [2.24, 2.45) is 5.41 Å². The van der Waals surface area contributed by atoms with Crippen molar-refractivity contribution in [1.29, 1.82) is 0 Å². The molecule has 2 N–H and O–H groups in total. The van der Waals surface area contributed by atoms with Crippen LogP contribution < -0.4 is 0 Å². The molecule has 0 fully saturated rings. The molecule has 0 radical (unpaired) electrons. The van der Waals surface area contributed by atoms with E-state index in [1.807, 2.05) is 39.8 Å². The van der Waals surface area contributed by atoms with Crippen LogP contribution in [0.5, 0.6) is 0 Å². The van der Waals surface area contributed by atoms with Crippen LogP contribution in [0.4, 0.5) is 0 Å². The maximum Gasteiger partial charge on any atom is 0.0874 e. The van der Waals surface area contributed by atoms with Crippen LogP contribution in [0.1, 0.15) is 70.3 Å². The smallest absolute Gasteiger partial charge is 0.0874 e. The first-order valence-electron chi connectivity index (χ1n) is 7.91. The highest BCUT2D eigenvalue weighted by atomic mass is 16.3. The summed E-state index contributed by atoms with van der Waals surface area (Å²) in [6.45, 7) is 15.9. The fraction of sp³-hybridized carbons (Fsp3) is 0.500. The molecule has 0 aliphatic rings. The van der Waals surface area contributed by atoms with Gasteiger partial charge in [-0.15, -0.1) is 0 Å². The third-order valence-electron chi connectivity index (χ3n) is 4.34. The Bertz CT molecular complexity index is 553. The van der Waals surface area contributed by atoms with E-state index in [1.165, 1.54) is 5.56 Å². The molecule has 22 heavy (non-hydrogen) atoms.